The van der Waals surface area contributed by atoms with E-state index in [9.17, 15) is 0 Å². The average molecular weight is 186 g/mol. The lowest BCUT2D eigenvalue weighted by atomic mass is 10.0. The van der Waals surface area contributed by atoms with E-state index in [1.807, 2.05) is 18.6 Å². The number of aromatic nitrogens is 2. The molecule has 0 aliphatic rings. The Kier molecular flexibility index (Phi) is 2.20. The van der Waals surface area contributed by atoms with E-state index < -0.39 is 0 Å². The maximum absolute atomic E-state index is 4.47. The molecule has 0 unspecified atom stereocenters. The fraction of sp³-hybridized carbons (Fsp3) is 0.333. The van der Waals surface area contributed by atoms with Gasteiger partial charge in [0, 0.05) is 24.0 Å². The van der Waals surface area contributed by atoms with Crippen LogP contribution in [-0.4, -0.2) is 9.97 Å². The topological polar surface area (TPSA) is 25.8 Å². The molecular weight excluding hydrogens is 172 g/mol. The quantitative estimate of drug-likeness (QED) is 0.684. The van der Waals surface area contributed by atoms with Crippen LogP contribution in [0.4, 0.5) is 0 Å². The first kappa shape index (κ1) is 9.13. The Morgan fingerprint density at radius 2 is 1.93 bits per heavy atom. The Hall–Kier alpha value is -1.44. The van der Waals surface area contributed by atoms with Crippen molar-refractivity contribution in [1.29, 1.82) is 0 Å². The predicted octanol–water partition coefficient (Wildman–Crippen LogP) is 3.06. The van der Waals surface area contributed by atoms with Gasteiger partial charge in [0.15, 0.2) is 0 Å². The summed E-state index contributed by atoms with van der Waals surface area (Å²) in [5.41, 5.74) is 2.35. The standard InChI is InChI=1S/C12H14N2/c1-8(2)12-11-7-13-5-4-10(11)9(3)6-14-12/h4-8H,1-3H3. The van der Waals surface area contributed by atoms with Crippen LogP contribution in [0.1, 0.15) is 31.0 Å². The predicted molar refractivity (Wildman–Crippen MR) is 58.4 cm³/mol. The van der Waals surface area contributed by atoms with E-state index >= 15 is 0 Å². The van der Waals surface area contributed by atoms with E-state index in [0.717, 1.165) is 5.69 Å². The van der Waals surface area contributed by atoms with E-state index in [1.54, 1.807) is 0 Å². The summed E-state index contributed by atoms with van der Waals surface area (Å²) in [6.07, 6.45) is 5.68. The summed E-state index contributed by atoms with van der Waals surface area (Å²) in [5, 5.41) is 2.45. The molecule has 2 aromatic heterocycles. The van der Waals surface area contributed by atoms with E-state index in [1.165, 1.54) is 16.3 Å². The Labute approximate surface area is 84.0 Å². The normalized spacial score (nSPS) is 11.1. The molecule has 0 saturated carbocycles. The van der Waals surface area contributed by atoms with Gasteiger partial charge in [-0.05, 0) is 29.9 Å². The number of fused-ring (bicyclic) bond motifs is 1. The van der Waals surface area contributed by atoms with E-state index in [4.69, 9.17) is 0 Å². The second-order valence-electron chi connectivity index (χ2n) is 3.90. The van der Waals surface area contributed by atoms with Crippen molar-refractivity contribution in [3.63, 3.8) is 0 Å². The molecular formula is C12H14N2. The monoisotopic (exact) mass is 186 g/mol. The molecule has 0 atom stereocenters. The number of hydrogen-bond donors (Lipinski definition) is 0. The molecule has 0 aliphatic heterocycles. The summed E-state index contributed by atoms with van der Waals surface area (Å²) in [6, 6.07) is 2.05. The van der Waals surface area contributed by atoms with E-state index in [-0.39, 0.29) is 0 Å². The summed E-state index contributed by atoms with van der Waals surface area (Å²) < 4.78 is 0. The Morgan fingerprint density at radius 1 is 1.14 bits per heavy atom. The van der Waals surface area contributed by atoms with Crippen LogP contribution in [0, 0.1) is 6.92 Å². The Balaban J connectivity index is 2.82. The number of rotatable bonds is 1. The van der Waals surface area contributed by atoms with Crippen LogP contribution < -0.4 is 0 Å². The van der Waals surface area contributed by atoms with Crippen LogP contribution in [0.2, 0.25) is 0 Å². The third kappa shape index (κ3) is 1.37. The highest BCUT2D eigenvalue weighted by atomic mass is 14.7. The highest BCUT2D eigenvalue weighted by Crippen LogP contribution is 2.24. The molecule has 0 aromatic carbocycles. The summed E-state index contributed by atoms with van der Waals surface area (Å²) in [7, 11) is 0. The molecule has 0 aliphatic carbocycles. The van der Waals surface area contributed by atoms with Crippen LogP contribution in [0.5, 0.6) is 0 Å². The summed E-state index contributed by atoms with van der Waals surface area (Å²) >= 11 is 0. The van der Waals surface area contributed by atoms with Crippen LogP contribution in [-0.2, 0) is 0 Å². The van der Waals surface area contributed by atoms with Gasteiger partial charge in [-0.1, -0.05) is 13.8 Å². The SMILES string of the molecule is Cc1cnc(C(C)C)c2cnccc12. The van der Waals surface area contributed by atoms with Crippen molar-refractivity contribution < 1.29 is 0 Å². The van der Waals surface area contributed by atoms with Gasteiger partial charge in [0.2, 0.25) is 0 Å². The first-order valence-corrected chi connectivity index (χ1v) is 4.89. The largest absolute Gasteiger partial charge is 0.264 e. The fourth-order valence-corrected chi connectivity index (χ4v) is 1.71. The van der Waals surface area contributed by atoms with Crippen LogP contribution in [0.15, 0.2) is 24.7 Å². The minimum Gasteiger partial charge on any atom is -0.264 e. The lowest BCUT2D eigenvalue weighted by molar-refractivity contribution is 0.832. The van der Waals surface area contributed by atoms with Gasteiger partial charge in [-0.2, -0.15) is 0 Å². The van der Waals surface area contributed by atoms with Crippen molar-refractivity contribution in [2.24, 2.45) is 0 Å². The van der Waals surface area contributed by atoms with Crippen molar-refractivity contribution in [2.45, 2.75) is 26.7 Å². The molecule has 2 aromatic rings. The molecule has 0 bridgehead atoms. The molecule has 0 saturated heterocycles. The zero-order valence-corrected chi connectivity index (χ0v) is 8.78. The molecule has 14 heavy (non-hydrogen) atoms. The third-order valence-corrected chi connectivity index (χ3v) is 2.47. The second kappa shape index (κ2) is 3.37. The van der Waals surface area contributed by atoms with Crippen LogP contribution >= 0.6 is 0 Å². The number of pyridine rings is 2. The minimum absolute atomic E-state index is 0.447. The minimum atomic E-state index is 0.447. The van der Waals surface area contributed by atoms with Gasteiger partial charge in [-0.25, -0.2) is 0 Å². The fourth-order valence-electron chi connectivity index (χ4n) is 1.71. The van der Waals surface area contributed by atoms with E-state index in [0.29, 0.717) is 5.92 Å². The van der Waals surface area contributed by atoms with Crippen LogP contribution in [0.25, 0.3) is 10.8 Å². The van der Waals surface area contributed by atoms with Gasteiger partial charge < -0.3 is 0 Å². The number of nitrogens with zero attached hydrogens (tertiary/aromatic N) is 2. The Morgan fingerprint density at radius 3 is 2.64 bits per heavy atom. The first-order chi connectivity index (χ1) is 6.70. The molecule has 0 radical (unpaired) electrons. The molecule has 2 nitrogen and oxygen atoms in total. The van der Waals surface area contributed by atoms with Crippen molar-refractivity contribution in [2.75, 3.05) is 0 Å². The molecule has 2 rings (SSSR count). The lowest BCUT2D eigenvalue weighted by Crippen LogP contribution is -1.95. The summed E-state index contributed by atoms with van der Waals surface area (Å²) in [6.45, 7) is 6.40. The van der Waals surface area contributed by atoms with Gasteiger partial charge in [-0.15, -0.1) is 0 Å². The molecule has 0 spiro atoms. The maximum Gasteiger partial charge on any atom is 0.0522 e. The summed E-state index contributed by atoms with van der Waals surface area (Å²) in [4.78, 5) is 8.62. The van der Waals surface area contributed by atoms with Crippen molar-refractivity contribution >= 4 is 10.8 Å². The van der Waals surface area contributed by atoms with Gasteiger partial charge in [0.05, 0.1) is 5.69 Å². The van der Waals surface area contributed by atoms with Gasteiger partial charge in [-0.3, -0.25) is 9.97 Å². The smallest absolute Gasteiger partial charge is 0.0522 e. The highest BCUT2D eigenvalue weighted by molar-refractivity contribution is 5.86. The molecule has 72 valence electrons. The molecule has 0 amide bonds. The number of aryl methyl sites for hydroxylation is 1. The molecule has 2 heteroatoms. The second-order valence-corrected chi connectivity index (χ2v) is 3.90. The average Bonchev–Trinajstić information content (AvgIpc) is 2.18. The first-order valence-electron chi connectivity index (χ1n) is 4.89. The van der Waals surface area contributed by atoms with Crippen molar-refractivity contribution in [1.82, 2.24) is 9.97 Å². The van der Waals surface area contributed by atoms with E-state index in [2.05, 4.69) is 36.8 Å². The summed E-state index contributed by atoms with van der Waals surface area (Å²) in [5.74, 6) is 0.447. The zero-order chi connectivity index (χ0) is 10.1. The van der Waals surface area contributed by atoms with Crippen LogP contribution in [0.3, 0.4) is 0 Å². The van der Waals surface area contributed by atoms with Gasteiger partial charge in [0.1, 0.15) is 0 Å². The molecule has 2 heterocycles. The maximum atomic E-state index is 4.47. The van der Waals surface area contributed by atoms with Gasteiger partial charge in [0.25, 0.3) is 0 Å². The highest BCUT2D eigenvalue weighted by Gasteiger charge is 2.07. The third-order valence-electron chi connectivity index (χ3n) is 2.47. The number of hydrogen-bond acceptors (Lipinski definition) is 2. The van der Waals surface area contributed by atoms with Gasteiger partial charge >= 0.3 is 0 Å². The Bertz CT molecular complexity index is 461. The molecule has 0 fully saturated rings. The zero-order valence-electron chi connectivity index (χ0n) is 8.78. The van der Waals surface area contributed by atoms with Crippen molar-refractivity contribution in [3.05, 3.63) is 35.9 Å². The molecule has 0 N–H and O–H groups in total. The lowest BCUT2D eigenvalue weighted by Gasteiger charge is -2.09. The van der Waals surface area contributed by atoms with Crippen molar-refractivity contribution in [3.8, 4) is 0 Å².